The molecule has 1 N–H and O–H groups in total. The predicted molar refractivity (Wildman–Crippen MR) is 75.7 cm³/mol. The number of rotatable bonds is 5. The lowest BCUT2D eigenvalue weighted by Gasteiger charge is -2.12. The molecule has 0 bridgehead atoms. The van der Waals surface area contributed by atoms with Crippen molar-refractivity contribution in [3.05, 3.63) is 29.3 Å². The third kappa shape index (κ3) is 4.13. The van der Waals surface area contributed by atoms with E-state index in [4.69, 9.17) is 16.3 Å². The van der Waals surface area contributed by atoms with E-state index in [9.17, 15) is 9.59 Å². The zero-order valence-corrected chi connectivity index (χ0v) is 12.0. The zero-order valence-electron chi connectivity index (χ0n) is 11.3. The van der Waals surface area contributed by atoms with Crippen LogP contribution in [-0.4, -0.2) is 43.0 Å². The zero-order chi connectivity index (χ0) is 14.5. The van der Waals surface area contributed by atoms with Crippen LogP contribution in [0.1, 0.15) is 12.8 Å². The lowest BCUT2D eigenvalue weighted by molar-refractivity contribution is -0.126. The number of carbonyl (C=O) groups excluding carboxylic acids is 2. The van der Waals surface area contributed by atoms with E-state index in [1.54, 1.807) is 36.2 Å². The Morgan fingerprint density at radius 3 is 2.75 bits per heavy atom. The number of carbonyl (C=O) groups is 2. The quantitative estimate of drug-likeness (QED) is 0.895. The van der Waals surface area contributed by atoms with E-state index in [2.05, 4.69) is 5.32 Å². The van der Waals surface area contributed by atoms with E-state index >= 15 is 0 Å². The van der Waals surface area contributed by atoms with Crippen molar-refractivity contribution in [1.29, 1.82) is 0 Å². The van der Waals surface area contributed by atoms with Gasteiger partial charge in [0.1, 0.15) is 5.75 Å². The van der Waals surface area contributed by atoms with E-state index in [-0.39, 0.29) is 24.3 Å². The molecular weight excluding hydrogens is 280 g/mol. The van der Waals surface area contributed by atoms with Gasteiger partial charge in [-0.15, -0.1) is 0 Å². The molecule has 0 saturated carbocycles. The number of hydrogen-bond acceptors (Lipinski definition) is 3. The average molecular weight is 297 g/mol. The van der Waals surface area contributed by atoms with Crippen molar-refractivity contribution in [2.45, 2.75) is 18.9 Å². The Balaban J connectivity index is 1.68. The summed E-state index contributed by atoms with van der Waals surface area (Å²) in [6.07, 6.45) is 0.636. The first-order chi connectivity index (χ1) is 9.54. The van der Waals surface area contributed by atoms with Crippen molar-refractivity contribution in [3.63, 3.8) is 0 Å². The molecule has 5 nitrogen and oxygen atoms in total. The predicted octanol–water partition coefficient (Wildman–Crippen LogP) is 1.46. The van der Waals surface area contributed by atoms with Crippen molar-refractivity contribution in [2.24, 2.45) is 0 Å². The molecule has 0 aliphatic carbocycles. The van der Waals surface area contributed by atoms with Crippen LogP contribution in [0.5, 0.6) is 5.75 Å². The molecular formula is C14H17ClN2O3. The standard InChI is InChI=1S/C14H17ClN2O3/c1-17-9-11(8-14(17)19)16-13(18)6-7-20-12-4-2-10(15)3-5-12/h2-5,11H,6-9H2,1H3,(H,16,18)/t11-/m1/s1. The van der Waals surface area contributed by atoms with Crippen LogP contribution in [0.15, 0.2) is 24.3 Å². The monoisotopic (exact) mass is 296 g/mol. The normalized spacial score (nSPS) is 18.2. The number of ether oxygens (including phenoxy) is 1. The Hall–Kier alpha value is -1.75. The van der Waals surface area contributed by atoms with Gasteiger partial charge in [0.25, 0.3) is 0 Å². The fourth-order valence-electron chi connectivity index (χ4n) is 2.05. The summed E-state index contributed by atoms with van der Waals surface area (Å²) >= 11 is 5.76. The van der Waals surface area contributed by atoms with Gasteiger partial charge in [-0.1, -0.05) is 11.6 Å². The van der Waals surface area contributed by atoms with Crippen LogP contribution in [0.3, 0.4) is 0 Å². The maximum absolute atomic E-state index is 11.7. The van der Waals surface area contributed by atoms with Gasteiger partial charge < -0.3 is 15.0 Å². The third-order valence-electron chi connectivity index (χ3n) is 3.12. The number of halogens is 1. The number of likely N-dealkylation sites (N-methyl/N-ethyl adjacent to an activating group) is 1. The number of hydrogen-bond donors (Lipinski definition) is 1. The van der Waals surface area contributed by atoms with E-state index in [0.717, 1.165) is 0 Å². The van der Waals surface area contributed by atoms with E-state index in [1.165, 1.54) is 0 Å². The molecule has 1 aromatic carbocycles. The molecule has 1 fully saturated rings. The van der Waals surface area contributed by atoms with Crippen LogP contribution in [0.2, 0.25) is 5.02 Å². The maximum Gasteiger partial charge on any atom is 0.224 e. The molecule has 20 heavy (non-hydrogen) atoms. The average Bonchev–Trinajstić information content (AvgIpc) is 2.70. The number of benzene rings is 1. The molecule has 1 saturated heterocycles. The summed E-state index contributed by atoms with van der Waals surface area (Å²) < 4.78 is 5.44. The topological polar surface area (TPSA) is 58.6 Å². The first kappa shape index (κ1) is 14.7. The SMILES string of the molecule is CN1C[C@H](NC(=O)CCOc2ccc(Cl)cc2)CC1=O. The second kappa shape index (κ2) is 6.61. The van der Waals surface area contributed by atoms with Gasteiger partial charge in [-0.2, -0.15) is 0 Å². The van der Waals surface area contributed by atoms with Gasteiger partial charge in [-0.25, -0.2) is 0 Å². The summed E-state index contributed by atoms with van der Waals surface area (Å²) in [6.45, 7) is 0.868. The molecule has 1 aromatic rings. The molecule has 1 aliphatic heterocycles. The molecule has 2 rings (SSSR count). The number of amides is 2. The Morgan fingerprint density at radius 1 is 1.45 bits per heavy atom. The van der Waals surface area contributed by atoms with Gasteiger partial charge in [0, 0.05) is 25.0 Å². The minimum Gasteiger partial charge on any atom is -0.493 e. The molecule has 1 aliphatic rings. The van der Waals surface area contributed by atoms with Gasteiger partial charge in [0.05, 0.1) is 19.1 Å². The van der Waals surface area contributed by atoms with Gasteiger partial charge in [-0.05, 0) is 24.3 Å². The molecule has 0 radical (unpaired) electrons. The van der Waals surface area contributed by atoms with Crippen molar-refractivity contribution < 1.29 is 14.3 Å². The largest absolute Gasteiger partial charge is 0.493 e. The van der Waals surface area contributed by atoms with E-state index < -0.39 is 0 Å². The number of nitrogens with one attached hydrogen (secondary N) is 1. The van der Waals surface area contributed by atoms with Crippen molar-refractivity contribution in [3.8, 4) is 5.75 Å². The van der Waals surface area contributed by atoms with Crippen molar-refractivity contribution >= 4 is 23.4 Å². The Labute approximate surface area is 122 Å². The molecule has 1 atom stereocenters. The highest BCUT2D eigenvalue weighted by Crippen LogP contribution is 2.15. The highest BCUT2D eigenvalue weighted by molar-refractivity contribution is 6.30. The molecule has 0 aromatic heterocycles. The number of nitrogens with zero attached hydrogens (tertiary/aromatic N) is 1. The van der Waals surface area contributed by atoms with Gasteiger partial charge in [0.2, 0.25) is 11.8 Å². The Morgan fingerprint density at radius 2 is 2.15 bits per heavy atom. The van der Waals surface area contributed by atoms with Crippen molar-refractivity contribution in [1.82, 2.24) is 10.2 Å². The van der Waals surface area contributed by atoms with Crippen molar-refractivity contribution in [2.75, 3.05) is 20.2 Å². The van der Waals surface area contributed by atoms with Gasteiger partial charge >= 0.3 is 0 Å². The molecule has 6 heteroatoms. The molecule has 108 valence electrons. The number of likely N-dealkylation sites (tertiary alicyclic amines) is 1. The van der Waals surface area contributed by atoms with Crippen LogP contribution >= 0.6 is 11.6 Å². The maximum atomic E-state index is 11.7. The van der Waals surface area contributed by atoms with Crippen LogP contribution < -0.4 is 10.1 Å². The minimum atomic E-state index is -0.105. The lowest BCUT2D eigenvalue weighted by Crippen LogP contribution is -2.37. The molecule has 1 heterocycles. The summed E-state index contributed by atoms with van der Waals surface area (Å²) in [7, 11) is 1.73. The van der Waals surface area contributed by atoms with E-state index in [1.807, 2.05) is 0 Å². The van der Waals surface area contributed by atoms with Crippen LogP contribution in [0, 0.1) is 0 Å². The van der Waals surface area contributed by atoms with Gasteiger partial charge in [0.15, 0.2) is 0 Å². The first-order valence-electron chi connectivity index (χ1n) is 6.46. The van der Waals surface area contributed by atoms with Crippen LogP contribution in [0.25, 0.3) is 0 Å². The fraction of sp³-hybridized carbons (Fsp3) is 0.429. The highest BCUT2D eigenvalue weighted by Gasteiger charge is 2.27. The Kier molecular flexibility index (Phi) is 4.84. The summed E-state index contributed by atoms with van der Waals surface area (Å²) in [6, 6.07) is 6.89. The molecule has 2 amide bonds. The summed E-state index contributed by atoms with van der Waals surface area (Å²) in [5, 5.41) is 3.48. The second-order valence-electron chi connectivity index (χ2n) is 4.80. The van der Waals surface area contributed by atoms with Gasteiger partial charge in [-0.3, -0.25) is 9.59 Å². The molecule has 0 unspecified atom stereocenters. The summed E-state index contributed by atoms with van der Waals surface area (Å²) in [5.41, 5.74) is 0. The second-order valence-corrected chi connectivity index (χ2v) is 5.23. The first-order valence-corrected chi connectivity index (χ1v) is 6.84. The molecule has 0 spiro atoms. The summed E-state index contributed by atoms with van der Waals surface area (Å²) in [4.78, 5) is 24.7. The highest BCUT2D eigenvalue weighted by atomic mass is 35.5. The van der Waals surface area contributed by atoms with Crippen LogP contribution in [-0.2, 0) is 9.59 Å². The third-order valence-corrected chi connectivity index (χ3v) is 3.37. The van der Waals surface area contributed by atoms with Crippen LogP contribution in [0.4, 0.5) is 0 Å². The smallest absolute Gasteiger partial charge is 0.224 e. The lowest BCUT2D eigenvalue weighted by atomic mass is 10.2. The summed E-state index contributed by atoms with van der Waals surface area (Å²) in [5.74, 6) is 0.637. The minimum absolute atomic E-state index is 0.0627. The Bertz CT molecular complexity index is 490. The van der Waals surface area contributed by atoms with E-state index in [0.29, 0.717) is 30.3 Å². The fourth-order valence-corrected chi connectivity index (χ4v) is 2.18.